The monoisotopic (exact) mass is 292 g/mol. The first-order chi connectivity index (χ1) is 9.94. The standard InChI is InChI=1S/C19H32O2/c1-18-7-3-4-14(18)17-15(6-8-18)19(2)9-5-13(20)10-12(19)11-16(17)21/h12-17,20-21H,3-11H2,1-2H3/t12-,13+,14+,15+,16-,17+,18+,19+/m1/s1. The molecule has 0 aromatic heterocycles. The fourth-order valence-electron chi connectivity index (χ4n) is 7.19. The molecule has 0 amide bonds. The van der Waals surface area contributed by atoms with E-state index in [4.69, 9.17) is 0 Å². The van der Waals surface area contributed by atoms with Crippen molar-refractivity contribution in [3.63, 3.8) is 0 Å². The topological polar surface area (TPSA) is 40.5 Å². The van der Waals surface area contributed by atoms with E-state index in [2.05, 4.69) is 13.8 Å². The minimum atomic E-state index is -0.118. The molecule has 0 saturated heterocycles. The summed E-state index contributed by atoms with van der Waals surface area (Å²) in [5.41, 5.74) is 0.895. The van der Waals surface area contributed by atoms with Gasteiger partial charge in [0.1, 0.15) is 0 Å². The normalized spacial score (nSPS) is 60.0. The Bertz CT molecular complexity index is 422. The van der Waals surface area contributed by atoms with E-state index in [1.165, 1.54) is 38.5 Å². The van der Waals surface area contributed by atoms with Crippen molar-refractivity contribution < 1.29 is 10.2 Å². The Hall–Kier alpha value is -0.0800. The molecule has 0 aromatic rings. The van der Waals surface area contributed by atoms with Gasteiger partial charge in [-0.1, -0.05) is 20.3 Å². The highest BCUT2D eigenvalue weighted by Gasteiger charge is 2.60. The van der Waals surface area contributed by atoms with Crippen LogP contribution in [0.1, 0.15) is 71.6 Å². The molecule has 2 nitrogen and oxygen atoms in total. The highest BCUT2D eigenvalue weighted by atomic mass is 16.3. The Morgan fingerprint density at radius 1 is 0.857 bits per heavy atom. The van der Waals surface area contributed by atoms with Crippen LogP contribution in [0, 0.1) is 34.5 Å². The van der Waals surface area contributed by atoms with Crippen LogP contribution in [0.2, 0.25) is 0 Å². The zero-order chi connectivity index (χ0) is 14.8. The van der Waals surface area contributed by atoms with Gasteiger partial charge in [-0.25, -0.2) is 0 Å². The molecule has 4 saturated carbocycles. The third-order valence-corrected chi connectivity index (χ3v) is 8.44. The van der Waals surface area contributed by atoms with Crippen LogP contribution >= 0.6 is 0 Å². The molecule has 2 N–H and O–H groups in total. The van der Waals surface area contributed by atoms with Crippen molar-refractivity contribution in [3.05, 3.63) is 0 Å². The Morgan fingerprint density at radius 2 is 1.67 bits per heavy atom. The maximum absolute atomic E-state index is 10.9. The average molecular weight is 292 g/mol. The van der Waals surface area contributed by atoms with Crippen molar-refractivity contribution >= 4 is 0 Å². The van der Waals surface area contributed by atoms with Gasteiger partial charge in [0.2, 0.25) is 0 Å². The lowest BCUT2D eigenvalue weighted by atomic mass is 9.44. The van der Waals surface area contributed by atoms with Crippen molar-refractivity contribution in [2.75, 3.05) is 0 Å². The molecule has 4 aliphatic carbocycles. The number of fused-ring (bicyclic) bond motifs is 5. The van der Waals surface area contributed by atoms with Crippen LogP contribution in [-0.4, -0.2) is 22.4 Å². The summed E-state index contributed by atoms with van der Waals surface area (Å²) < 4.78 is 0. The zero-order valence-corrected chi connectivity index (χ0v) is 13.7. The first-order valence-corrected chi connectivity index (χ1v) is 9.30. The molecular weight excluding hydrogens is 260 g/mol. The molecule has 0 bridgehead atoms. The molecule has 4 rings (SSSR count). The van der Waals surface area contributed by atoms with E-state index in [0.29, 0.717) is 28.6 Å². The van der Waals surface area contributed by atoms with Gasteiger partial charge >= 0.3 is 0 Å². The largest absolute Gasteiger partial charge is 0.393 e. The molecule has 8 atom stereocenters. The predicted octanol–water partition coefficient (Wildman–Crippen LogP) is 3.75. The number of aliphatic hydroxyl groups excluding tert-OH is 2. The fraction of sp³-hybridized carbons (Fsp3) is 1.00. The fourth-order valence-corrected chi connectivity index (χ4v) is 7.19. The molecule has 0 unspecified atom stereocenters. The van der Waals surface area contributed by atoms with E-state index >= 15 is 0 Å². The maximum Gasteiger partial charge on any atom is 0.0577 e. The highest BCUT2D eigenvalue weighted by Crippen LogP contribution is 2.66. The highest BCUT2D eigenvalue weighted by molar-refractivity contribution is 5.09. The molecule has 0 aliphatic heterocycles. The maximum atomic E-state index is 10.9. The molecule has 4 aliphatic rings. The summed E-state index contributed by atoms with van der Waals surface area (Å²) in [5, 5.41) is 21.0. The molecular formula is C19H32O2. The molecule has 4 fully saturated rings. The first kappa shape index (κ1) is 14.5. The molecule has 0 spiro atoms. The summed E-state index contributed by atoms with van der Waals surface area (Å²) in [4.78, 5) is 0. The number of aliphatic hydroxyl groups is 2. The van der Waals surface area contributed by atoms with Crippen molar-refractivity contribution in [1.29, 1.82) is 0 Å². The minimum absolute atomic E-state index is 0.110. The lowest BCUT2D eigenvalue weighted by molar-refractivity contribution is -0.168. The number of rotatable bonds is 0. The molecule has 0 heterocycles. The lowest BCUT2D eigenvalue weighted by Gasteiger charge is -2.61. The van der Waals surface area contributed by atoms with E-state index in [-0.39, 0.29) is 12.2 Å². The summed E-state index contributed by atoms with van der Waals surface area (Å²) in [6, 6.07) is 0. The lowest BCUT2D eigenvalue weighted by Crippen LogP contribution is -2.57. The SMILES string of the molecule is C[C@@]12CCC[C@H]1[C@@H]1[C@H](O)C[C@H]3C[C@@H](O)CC[C@]3(C)[C@H]1CC2. The summed E-state index contributed by atoms with van der Waals surface area (Å²) in [5.74, 6) is 2.55. The van der Waals surface area contributed by atoms with Gasteiger partial charge < -0.3 is 10.2 Å². The average Bonchev–Trinajstić information content (AvgIpc) is 2.82. The van der Waals surface area contributed by atoms with E-state index in [1.807, 2.05) is 0 Å². The van der Waals surface area contributed by atoms with E-state index in [9.17, 15) is 10.2 Å². The predicted molar refractivity (Wildman–Crippen MR) is 83.7 cm³/mol. The van der Waals surface area contributed by atoms with Crippen molar-refractivity contribution in [2.24, 2.45) is 34.5 Å². The third kappa shape index (κ3) is 1.97. The van der Waals surface area contributed by atoms with Crippen LogP contribution in [0.25, 0.3) is 0 Å². The first-order valence-electron chi connectivity index (χ1n) is 9.30. The van der Waals surface area contributed by atoms with Gasteiger partial charge in [-0.15, -0.1) is 0 Å². The molecule has 120 valence electrons. The molecule has 0 radical (unpaired) electrons. The van der Waals surface area contributed by atoms with E-state index in [1.54, 1.807) is 0 Å². The smallest absolute Gasteiger partial charge is 0.0577 e. The van der Waals surface area contributed by atoms with Gasteiger partial charge in [0, 0.05) is 0 Å². The van der Waals surface area contributed by atoms with Crippen molar-refractivity contribution in [1.82, 2.24) is 0 Å². The second-order valence-corrected chi connectivity index (χ2v) is 9.31. The summed E-state index contributed by atoms with van der Waals surface area (Å²) in [6.45, 7) is 4.98. The van der Waals surface area contributed by atoms with Crippen LogP contribution < -0.4 is 0 Å². The van der Waals surface area contributed by atoms with Gasteiger partial charge in [-0.05, 0) is 85.9 Å². The molecule has 21 heavy (non-hydrogen) atoms. The van der Waals surface area contributed by atoms with Gasteiger partial charge in [0.25, 0.3) is 0 Å². The summed E-state index contributed by atoms with van der Waals surface area (Å²) >= 11 is 0. The summed E-state index contributed by atoms with van der Waals surface area (Å²) in [6.07, 6.45) is 10.6. The van der Waals surface area contributed by atoms with Crippen LogP contribution in [0.4, 0.5) is 0 Å². The van der Waals surface area contributed by atoms with Crippen LogP contribution in [0.5, 0.6) is 0 Å². The van der Waals surface area contributed by atoms with Crippen molar-refractivity contribution in [3.8, 4) is 0 Å². The Morgan fingerprint density at radius 3 is 2.48 bits per heavy atom. The van der Waals surface area contributed by atoms with Crippen molar-refractivity contribution in [2.45, 2.75) is 83.8 Å². The number of hydrogen-bond donors (Lipinski definition) is 2. The Kier molecular flexibility index (Phi) is 3.25. The van der Waals surface area contributed by atoms with Gasteiger partial charge in [0.05, 0.1) is 12.2 Å². The quantitative estimate of drug-likeness (QED) is 0.714. The minimum Gasteiger partial charge on any atom is -0.393 e. The van der Waals surface area contributed by atoms with Gasteiger partial charge in [-0.2, -0.15) is 0 Å². The molecule has 0 aromatic carbocycles. The molecule has 2 heteroatoms. The Labute approximate surface area is 129 Å². The Balaban J connectivity index is 1.67. The van der Waals surface area contributed by atoms with Crippen LogP contribution in [0.15, 0.2) is 0 Å². The second-order valence-electron chi connectivity index (χ2n) is 9.31. The van der Waals surface area contributed by atoms with Gasteiger partial charge in [-0.3, -0.25) is 0 Å². The van der Waals surface area contributed by atoms with E-state index in [0.717, 1.165) is 25.2 Å². The number of hydrogen-bond acceptors (Lipinski definition) is 2. The van der Waals surface area contributed by atoms with Crippen LogP contribution in [0.3, 0.4) is 0 Å². The third-order valence-electron chi connectivity index (χ3n) is 8.44. The van der Waals surface area contributed by atoms with Crippen LogP contribution in [-0.2, 0) is 0 Å². The second kappa shape index (κ2) is 4.71. The van der Waals surface area contributed by atoms with E-state index < -0.39 is 0 Å². The zero-order valence-electron chi connectivity index (χ0n) is 13.7. The van der Waals surface area contributed by atoms with Gasteiger partial charge in [0.15, 0.2) is 0 Å². The summed E-state index contributed by atoms with van der Waals surface area (Å²) in [7, 11) is 0.